The number of amides is 1. The fourth-order valence-electron chi connectivity index (χ4n) is 2.18. The zero-order valence-electron chi connectivity index (χ0n) is 13.7. The summed E-state index contributed by atoms with van der Waals surface area (Å²) in [5.74, 6) is -0.365. The number of carbonyl (C=O) groups excluding carboxylic acids is 2. The third kappa shape index (κ3) is 6.76. The average molecular weight is 433 g/mol. The Labute approximate surface area is 151 Å². The van der Waals surface area contributed by atoms with E-state index in [1.165, 1.54) is 4.90 Å². The monoisotopic (exact) mass is 433 g/mol. The van der Waals surface area contributed by atoms with Gasteiger partial charge < -0.3 is 9.47 Å². The van der Waals surface area contributed by atoms with Crippen LogP contribution in [0.5, 0.6) is 0 Å². The zero-order valence-corrected chi connectivity index (χ0v) is 15.8. The molecule has 1 atom stereocenters. The van der Waals surface area contributed by atoms with Gasteiger partial charge in [0.2, 0.25) is 0 Å². The number of halogens is 1. The van der Waals surface area contributed by atoms with Gasteiger partial charge in [0, 0.05) is 11.0 Å². The molecule has 0 saturated carbocycles. The van der Waals surface area contributed by atoms with Crippen LogP contribution in [0.25, 0.3) is 0 Å². The highest BCUT2D eigenvalue weighted by molar-refractivity contribution is 14.1. The summed E-state index contributed by atoms with van der Waals surface area (Å²) < 4.78 is 11.2. The third-order valence-electron chi connectivity index (χ3n) is 3.26. The topological polar surface area (TPSA) is 55.8 Å². The van der Waals surface area contributed by atoms with Crippen molar-refractivity contribution < 1.29 is 19.1 Å². The number of benzene rings is 1. The van der Waals surface area contributed by atoms with Crippen molar-refractivity contribution in [2.45, 2.75) is 39.3 Å². The van der Waals surface area contributed by atoms with Crippen molar-refractivity contribution in [3.8, 4) is 0 Å². The fourth-order valence-corrected chi connectivity index (χ4v) is 2.70. The van der Waals surface area contributed by atoms with Crippen molar-refractivity contribution in [1.29, 1.82) is 0 Å². The molecule has 1 aromatic rings. The summed E-state index contributed by atoms with van der Waals surface area (Å²) >= 11 is 2.18. The highest BCUT2D eigenvalue weighted by atomic mass is 127. The lowest BCUT2D eigenvalue weighted by atomic mass is 10.1. The van der Waals surface area contributed by atoms with Gasteiger partial charge in [0.25, 0.3) is 0 Å². The van der Waals surface area contributed by atoms with E-state index in [0.29, 0.717) is 19.6 Å². The number of esters is 1. The molecule has 23 heavy (non-hydrogen) atoms. The Morgan fingerprint density at radius 1 is 1.17 bits per heavy atom. The van der Waals surface area contributed by atoms with Gasteiger partial charge >= 0.3 is 12.1 Å². The number of carbonyl (C=O) groups is 2. The molecular formula is C17H24INO4. The molecule has 1 aromatic carbocycles. The molecule has 0 aromatic heterocycles. The first-order chi connectivity index (χ1) is 11.1. The molecule has 0 heterocycles. The third-order valence-corrected chi connectivity index (χ3v) is 3.74. The first-order valence-corrected chi connectivity index (χ1v) is 9.36. The molecule has 0 bridgehead atoms. The summed E-state index contributed by atoms with van der Waals surface area (Å²) in [7, 11) is 0. The predicted octanol–water partition coefficient (Wildman–Crippen LogP) is 3.79. The van der Waals surface area contributed by atoms with Gasteiger partial charge in [-0.1, -0.05) is 66.3 Å². The van der Waals surface area contributed by atoms with E-state index in [4.69, 9.17) is 9.47 Å². The minimum absolute atomic E-state index is 0.194. The predicted molar refractivity (Wildman–Crippen MR) is 97.5 cm³/mol. The molecule has 0 unspecified atom stereocenters. The summed E-state index contributed by atoms with van der Waals surface area (Å²) in [6, 6.07) is 8.90. The highest BCUT2D eigenvalue weighted by Crippen LogP contribution is 2.13. The maximum atomic E-state index is 12.4. The molecule has 0 N–H and O–H groups in total. The molecule has 0 aliphatic heterocycles. The lowest BCUT2D eigenvalue weighted by Gasteiger charge is -2.28. The van der Waals surface area contributed by atoms with Crippen molar-refractivity contribution in [1.82, 2.24) is 4.90 Å². The zero-order chi connectivity index (χ0) is 17.1. The van der Waals surface area contributed by atoms with Gasteiger partial charge in [-0.25, -0.2) is 9.59 Å². The van der Waals surface area contributed by atoms with Crippen LogP contribution in [0.15, 0.2) is 30.3 Å². The van der Waals surface area contributed by atoms with Crippen LogP contribution in [-0.2, 0) is 20.9 Å². The van der Waals surface area contributed by atoms with E-state index in [-0.39, 0.29) is 12.6 Å². The van der Waals surface area contributed by atoms with E-state index in [9.17, 15) is 9.59 Å². The number of rotatable bonds is 9. The Morgan fingerprint density at radius 2 is 1.87 bits per heavy atom. The molecular weight excluding hydrogens is 409 g/mol. The summed E-state index contributed by atoms with van der Waals surface area (Å²) in [6.45, 7) is 4.69. The number of hydrogen-bond acceptors (Lipinski definition) is 4. The van der Waals surface area contributed by atoms with Crippen LogP contribution in [0.3, 0.4) is 0 Å². The van der Waals surface area contributed by atoms with E-state index in [0.717, 1.165) is 16.4 Å². The summed E-state index contributed by atoms with van der Waals surface area (Å²) in [6.07, 6.45) is 0.875. The minimum atomic E-state index is -0.585. The molecule has 128 valence electrons. The Morgan fingerprint density at radius 3 is 2.43 bits per heavy atom. The number of alkyl halides is 1. The van der Waals surface area contributed by atoms with Crippen LogP contribution in [0.2, 0.25) is 0 Å². The molecule has 0 fully saturated rings. The maximum absolute atomic E-state index is 12.4. The van der Waals surface area contributed by atoms with Crippen LogP contribution < -0.4 is 0 Å². The second-order valence-electron chi connectivity index (χ2n) is 4.98. The quantitative estimate of drug-likeness (QED) is 0.338. The Balaban J connectivity index is 2.75. The summed E-state index contributed by atoms with van der Waals surface area (Å²) in [5, 5.41) is 0. The van der Waals surface area contributed by atoms with Crippen LogP contribution in [-0.4, -0.2) is 40.6 Å². The van der Waals surface area contributed by atoms with Crippen molar-refractivity contribution in [2.24, 2.45) is 0 Å². The minimum Gasteiger partial charge on any atom is -0.464 e. The van der Waals surface area contributed by atoms with E-state index >= 15 is 0 Å². The smallest absolute Gasteiger partial charge is 0.410 e. The Hall–Kier alpha value is -1.31. The molecule has 0 spiro atoms. The van der Waals surface area contributed by atoms with Crippen LogP contribution in [0, 0.1) is 0 Å². The van der Waals surface area contributed by atoms with Gasteiger partial charge in [-0.3, -0.25) is 4.90 Å². The average Bonchev–Trinajstić information content (AvgIpc) is 2.57. The van der Waals surface area contributed by atoms with E-state index in [2.05, 4.69) is 22.6 Å². The van der Waals surface area contributed by atoms with Crippen molar-refractivity contribution >= 4 is 34.7 Å². The van der Waals surface area contributed by atoms with E-state index < -0.39 is 12.1 Å². The fraction of sp³-hybridized carbons (Fsp3) is 0.529. The largest absolute Gasteiger partial charge is 0.464 e. The lowest BCUT2D eigenvalue weighted by Crippen LogP contribution is -2.47. The number of ether oxygens (including phenoxy) is 2. The van der Waals surface area contributed by atoms with Crippen LogP contribution >= 0.6 is 22.6 Å². The van der Waals surface area contributed by atoms with E-state index in [1.807, 2.05) is 37.3 Å². The lowest BCUT2D eigenvalue weighted by molar-refractivity contribution is -0.149. The van der Waals surface area contributed by atoms with Gasteiger partial charge in [0.1, 0.15) is 12.6 Å². The van der Waals surface area contributed by atoms with Gasteiger partial charge in [0.15, 0.2) is 0 Å². The molecule has 0 radical (unpaired) electrons. The normalized spacial score (nSPS) is 11.6. The molecule has 0 aliphatic rings. The Bertz CT molecular complexity index is 481. The Kier molecular flexibility index (Phi) is 9.66. The highest BCUT2D eigenvalue weighted by Gasteiger charge is 2.30. The summed E-state index contributed by atoms with van der Waals surface area (Å²) in [4.78, 5) is 26.1. The first-order valence-electron chi connectivity index (χ1n) is 7.83. The molecule has 0 aliphatic carbocycles. The van der Waals surface area contributed by atoms with E-state index in [1.54, 1.807) is 6.92 Å². The standard InChI is InChI=1S/C17H24INO4/c1-3-8-15(16(20)22-4-2)19(12-11-18)17(21)23-13-14-9-6-5-7-10-14/h5-7,9-10,15H,3-4,8,11-13H2,1-2H3/t15-/m0/s1. The molecule has 1 rings (SSSR count). The maximum Gasteiger partial charge on any atom is 0.410 e. The van der Waals surface area contributed by atoms with Crippen molar-refractivity contribution in [3.63, 3.8) is 0 Å². The van der Waals surface area contributed by atoms with Gasteiger partial charge in [-0.05, 0) is 18.9 Å². The van der Waals surface area contributed by atoms with Gasteiger partial charge in [-0.2, -0.15) is 0 Å². The van der Waals surface area contributed by atoms with Crippen molar-refractivity contribution in [2.75, 3.05) is 17.6 Å². The number of nitrogens with zero attached hydrogens (tertiary/aromatic N) is 1. The van der Waals surface area contributed by atoms with Gasteiger partial charge in [0.05, 0.1) is 6.61 Å². The molecule has 6 heteroatoms. The van der Waals surface area contributed by atoms with Crippen LogP contribution in [0.4, 0.5) is 4.79 Å². The SMILES string of the molecule is CCC[C@@H](C(=O)OCC)N(CCI)C(=O)OCc1ccccc1. The second-order valence-corrected chi connectivity index (χ2v) is 6.06. The van der Waals surface area contributed by atoms with Gasteiger partial charge in [-0.15, -0.1) is 0 Å². The van der Waals surface area contributed by atoms with Crippen LogP contribution in [0.1, 0.15) is 32.3 Å². The molecule has 0 saturated heterocycles. The summed E-state index contributed by atoms with van der Waals surface area (Å²) in [5.41, 5.74) is 0.915. The second kappa shape index (κ2) is 11.3. The molecule has 5 nitrogen and oxygen atoms in total. The molecule has 1 amide bonds. The number of hydrogen-bond donors (Lipinski definition) is 0. The first kappa shape index (κ1) is 19.7. The van der Waals surface area contributed by atoms with Crippen molar-refractivity contribution in [3.05, 3.63) is 35.9 Å².